The lowest BCUT2D eigenvalue weighted by atomic mass is 10.1. The summed E-state index contributed by atoms with van der Waals surface area (Å²) in [5.41, 5.74) is 0. The van der Waals surface area contributed by atoms with Gasteiger partial charge in [-0.2, -0.15) is 0 Å². The van der Waals surface area contributed by atoms with E-state index in [0.29, 0.717) is 12.0 Å². The molecule has 0 spiro atoms. The monoisotopic (exact) mass is 226 g/mol. The van der Waals surface area contributed by atoms with Crippen LogP contribution >= 0.6 is 11.3 Å². The lowest BCUT2D eigenvalue weighted by Crippen LogP contribution is -2.21. The summed E-state index contributed by atoms with van der Waals surface area (Å²) in [5, 5.41) is 4.65. The van der Waals surface area contributed by atoms with Gasteiger partial charge in [0, 0.05) is 36.2 Å². The highest BCUT2D eigenvalue weighted by atomic mass is 32.1. The summed E-state index contributed by atoms with van der Waals surface area (Å²) in [6.07, 6.45) is 3.12. The van der Waals surface area contributed by atoms with Gasteiger partial charge in [0.25, 0.3) is 0 Å². The van der Waals surface area contributed by atoms with Gasteiger partial charge in [-0.05, 0) is 6.42 Å². The van der Waals surface area contributed by atoms with Crippen LogP contribution in [0.3, 0.4) is 0 Å². The summed E-state index contributed by atoms with van der Waals surface area (Å²) in [6.45, 7) is 7.00. The number of thiazole rings is 1. The molecule has 0 radical (unpaired) electrons. The zero-order valence-electron chi connectivity index (χ0n) is 9.32. The first-order valence-electron chi connectivity index (χ1n) is 5.51. The molecule has 1 unspecified atom stereocenters. The number of ether oxygens (including phenoxy) is 1. The van der Waals surface area contributed by atoms with E-state index in [0.717, 1.165) is 26.2 Å². The van der Waals surface area contributed by atoms with Gasteiger partial charge in [0.1, 0.15) is 0 Å². The highest BCUT2D eigenvalue weighted by Crippen LogP contribution is 2.28. The molecule has 84 valence electrons. The van der Waals surface area contributed by atoms with E-state index in [1.165, 1.54) is 9.88 Å². The van der Waals surface area contributed by atoms with Crippen molar-refractivity contribution in [3.05, 3.63) is 16.1 Å². The second-order valence-electron chi connectivity index (χ2n) is 4.26. The van der Waals surface area contributed by atoms with Crippen molar-refractivity contribution in [3.63, 3.8) is 0 Å². The molecule has 1 aromatic rings. The minimum atomic E-state index is 0.533. The highest BCUT2D eigenvalue weighted by Gasteiger charge is 2.20. The van der Waals surface area contributed by atoms with Gasteiger partial charge in [-0.3, -0.25) is 0 Å². The molecule has 1 aromatic heterocycles. The fraction of sp³-hybridized carbons (Fsp3) is 0.727. The van der Waals surface area contributed by atoms with E-state index in [-0.39, 0.29) is 0 Å². The summed E-state index contributed by atoms with van der Waals surface area (Å²) in [7, 11) is 0. The van der Waals surface area contributed by atoms with Crippen LogP contribution in [0.5, 0.6) is 0 Å². The minimum Gasteiger partial charge on any atom is -0.381 e. The van der Waals surface area contributed by atoms with Gasteiger partial charge in [0.15, 0.2) is 0 Å². The Morgan fingerprint density at radius 2 is 2.53 bits per heavy atom. The summed E-state index contributed by atoms with van der Waals surface area (Å²) in [4.78, 5) is 5.80. The van der Waals surface area contributed by atoms with Gasteiger partial charge in [-0.25, -0.2) is 4.98 Å². The third-order valence-corrected chi connectivity index (χ3v) is 3.69. The Kier molecular flexibility index (Phi) is 3.72. The number of nitrogens with zero attached hydrogens (tertiary/aromatic N) is 1. The van der Waals surface area contributed by atoms with Crippen molar-refractivity contribution in [1.29, 1.82) is 0 Å². The molecular formula is C11H18N2OS. The van der Waals surface area contributed by atoms with Gasteiger partial charge in [0.05, 0.1) is 11.6 Å². The Morgan fingerprint density at radius 1 is 1.67 bits per heavy atom. The van der Waals surface area contributed by atoms with Crippen LogP contribution in [0.2, 0.25) is 0 Å². The first-order valence-corrected chi connectivity index (χ1v) is 6.33. The second-order valence-corrected chi connectivity index (χ2v) is 5.41. The van der Waals surface area contributed by atoms with Gasteiger partial charge >= 0.3 is 0 Å². The predicted octanol–water partition coefficient (Wildman–Crippen LogP) is 2.15. The second kappa shape index (κ2) is 5.05. The average Bonchev–Trinajstić information content (AvgIpc) is 2.85. The third-order valence-electron chi connectivity index (χ3n) is 2.53. The van der Waals surface area contributed by atoms with Gasteiger partial charge < -0.3 is 10.1 Å². The molecule has 1 atom stereocenters. The molecule has 0 bridgehead atoms. The SMILES string of the molecule is CC(C)NCc1cnc(C2CCOC2)s1. The van der Waals surface area contributed by atoms with Crippen molar-refractivity contribution in [1.82, 2.24) is 10.3 Å². The van der Waals surface area contributed by atoms with Crippen LogP contribution in [0, 0.1) is 0 Å². The lowest BCUT2D eigenvalue weighted by Gasteiger charge is -2.05. The van der Waals surface area contributed by atoms with Gasteiger partial charge in [0.2, 0.25) is 0 Å². The van der Waals surface area contributed by atoms with Crippen LogP contribution in [0.4, 0.5) is 0 Å². The summed E-state index contributed by atoms with van der Waals surface area (Å²) in [5.74, 6) is 0.544. The smallest absolute Gasteiger partial charge is 0.0982 e. The Morgan fingerprint density at radius 3 is 3.20 bits per heavy atom. The topological polar surface area (TPSA) is 34.2 Å². The molecule has 1 saturated heterocycles. The van der Waals surface area contributed by atoms with Gasteiger partial charge in [-0.1, -0.05) is 13.8 Å². The molecule has 1 N–H and O–H groups in total. The quantitative estimate of drug-likeness (QED) is 0.854. The predicted molar refractivity (Wildman–Crippen MR) is 62.3 cm³/mol. The summed E-state index contributed by atoms with van der Waals surface area (Å²) in [6, 6.07) is 0.533. The van der Waals surface area contributed by atoms with E-state index >= 15 is 0 Å². The number of hydrogen-bond acceptors (Lipinski definition) is 4. The number of hydrogen-bond donors (Lipinski definition) is 1. The van der Waals surface area contributed by atoms with Crippen molar-refractivity contribution >= 4 is 11.3 Å². The highest BCUT2D eigenvalue weighted by molar-refractivity contribution is 7.11. The fourth-order valence-electron chi connectivity index (χ4n) is 1.63. The average molecular weight is 226 g/mol. The van der Waals surface area contributed by atoms with Crippen LogP contribution in [0.15, 0.2) is 6.20 Å². The molecule has 0 amide bonds. The minimum absolute atomic E-state index is 0.533. The van der Waals surface area contributed by atoms with Gasteiger partial charge in [-0.15, -0.1) is 11.3 Å². The standard InChI is InChI=1S/C11H18N2OS/c1-8(2)12-5-10-6-13-11(15-10)9-3-4-14-7-9/h6,8-9,12H,3-5,7H2,1-2H3. The number of nitrogens with one attached hydrogen (secondary N) is 1. The van der Waals surface area contributed by atoms with Crippen LogP contribution in [0.25, 0.3) is 0 Å². The molecule has 1 fully saturated rings. The Hall–Kier alpha value is -0.450. The molecule has 2 rings (SSSR count). The van der Waals surface area contributed by atoms with Crippen LogP contribution < -0.4 is 5.32 Å². The maximum Gasteiger partial charge on any atom is 0.0982 e. The molecule has 2 heterocycles. The van der Waals surface area contributed by atoms with E-state index in [9.17, 15) is 0 Å². The maximum atomic E-state index is 5.37. The normalized spacial score (nSPS) is 21.4. The Bertz CT molecular complexity index is 305. The molecule has 4 heteroatoms. The summed E-state index contributed by atoms with van der Waals surface area (Å²) < 4.78 is 5.37. The number of aromatic nitrogens is 1. The van der Waals surface area contributed by atoms with E-state index < -0.39 is 0 Å². The molecule has 0 aliphatic carbocycles. The van der Waals surface area contributed by atoms with Crippen molar-refractivity contribution in [2.45, 2.75) is 38.8 Å². The Balaban J connectivity index is 1.91. The molecular weight excluding hydrogens is 208 g/mol. The lowest BCUT2D eigenvalue weighted by molar-refractivity contribution is 0.194. The van der Waals surface area contributed by atoms with Crippen molar-refractivity contribution in [3.8, 4) is 0 Å². The first-order chi connectivity index (χ1) is 7.25. The maximum absolute atomic E-state index is 5.37. The number of rotatable bonds is 4. The van der Waals surface area contributed by atoms with Crippen LogP contribution in [-0.4, -0.2) is 24.2 Å². The van der Waals surface area contributed by atoms with E-state index in [2.05, 4.69) is 24.1 Å². The molecule has 1 aliphatic heterocycles. The van der Waals surface area contributed by atoms with E-state index in [1.54, 1.807) is 0 Å². The largest absolute Gasteiger partial charge is 0.381 e. The molecule has 15 heavy (non-hydrogen) atoms. The molecule has 1 aliphatic rings. The molecule has 0 aromatic carbocycles. The summed E-state index contributed by atoms with van der Waals surface area (Å²) >= 11 is 1.82. The molecule has 0 saturated carbocycles. The van der Waals surface area contributed by atoms with E-state index in [4.69, 9.17) is 4.74 Å². The first kappa shape index (κ1) is 11.0. The molecule has 3 nitrogen and oxygen atoms in total. The van der Waals surface area contributed by atoms with E-state index in [1.807, 2.05) is 17.5 Å². The van der Waals surface area contributed by atoms with Crippen molar-refractivity contribution in [2.75, 3.05) is 13.2 Å². The fourth-order valence-corrected chi connectivity index (χ4v) is 2.61. The van der Waals surface area contributed by atoms with Crippen LogP contribution in [0.1, 0.15) is 36.1 Å². The Labute approximate surface area is 94.9 Å². The zero-order valence-corrected chi connectivity index (χ0v) is 10.1. The zero-order chi connectivity index (χ0) is 10.7. The van der Waals surface area contributed by atoms with Crippen molar-refractivity contribution < 1.29 is 4.74 Å². The van der Waals surface area contributed by atoms with Crippen LogP contribution in [-0.2, 0) is 11.3 Å². The third kappa shape index (κ3) is 3.00. The van der Waals surface area contributed by atoms with Crippen molar-refractivity contribution in [2.24, 2.45) is 0 Å².